The fourth-order valence-electron chi connectivity index (χ4n) is 3.09. The third kappa shape index (κ3) is 4.91. The monoisotopic (exact) mass is 330 g/mol. The van der Waals surface area contributed by atoms with E-state index in [0.717, 1.165) is 25.7 Å². The fourth-order valence-corrected chi connectivity index (χ4v) is 3.09. The third-order valence-corrected chi connectivity index (χ3v) is 4.25. The Labute approximate surface area is 132 Å². The van der Waals surface area contributed by atoms with Gasteiger partial charge in [-0.1, -0.05) is 12.2 Å². The van der Waals surface area contributed by atoms with Crippen molar-refractivity contribution in [2.45, 2.75) is 44.7 Å². The molecule has 23 heavy (non-hydrogen) atoms. The first kappa shape index (κ1) is 17.7. The van der Waals surface area contributed by atoms with Crippen molar-refractivity contribution in [3.8, 4) is 0 Å². The van der Waals surface area contributed by atoms with E-state index in [1.165, 1.54) is 12.1 Å². The molecule has 0 unspecified atom stereocenters. The normalized spacial score (nSPS) is 23.0. The molecule has 0 bridgehead atoms. The van der Waals surface area contributed by atoms with E-state index in [2.05, 4.69) is 6.08 Å². The number of allylic oxidation sites excluding steroid dienone is 3. The highest BCUT2D eigenvalue weighted by molar-refractivity contribution is 5.52. The van der Waals surface area contributed by atoms with Gasteiger partial charge < -0.3 is 0 Å². The zero-order chi connectivity index (χ0) is 17.0. The van der Waals surface area contributed by atoms with Crippen LogP contribution in [0.3, 0.4) is 0 Å². The predicted octanol–water partition coefficient (Wildman–Crippen LogP) is 6.39. The Hall–Kier alpha value is -1.65. The second-order valence-electron chi connectivity index (χ2n) is 5.91. The average Bonchev–Trinajstić information content (AvgIpc) is 2.46. The Bertz CT molecular complexity index is 567. The first-order valence-electron chi connectivity index (χ1n) is 7.68. The van der Waals surface area contributed by atoms with Crippen molar-refractivity contribution in [1.82, 2.24) is 0 Å². The van der Waals surface area contributed by atoms with E-state index in [0.29, 0.717) is 17.6 Å². The molecule has 0 saturated heterocycles. The maximum absolute atomic E-state index is 14.0. The Balaban J connectivity index is 2.16. The van der Waals surface area contributed by atoms with Crippen LogP contribution in [-0.2, 0) is 0 Å². The lowest BCUT2D eigenvalue weighted by molar-refractivity contribution is -0.0790. The number of rotatable bonds is 3. The summed E-state index contributed by atoms with van der Waals surface area (Å²) in [4.78, 5) is 0. The van der Waals surface area contributed by atoms with Gasteiger partial charge in [-0.25, -0.2) is 8.78 Å². The third-order valence-electron chi connectivity index (χ3n) is 4.25. The Kier molecular flexibility index (Phi) is 5.60. The van der Waals surface area contributed by atoms with Crippen LogP contribution in [0, 0.1) is 17.6 Å². The van der Waals surface area contributed by atoms with Gasteiger partial charge in [0.15, 0.2) is 0 Å². The molecule has 0 N–H and O–H groups in total. The lowest BCUT2D eigenvalue weighted by Gasteiger charge is -2.27. The smallest absolute Gasteiger partial charge is 0.206 e. The van der Waals surface area contributed by atoms with Crippen molar-refractivity contribution in [3.05, 3.63) is 53.1 Å². The molecule has 0 radical (unpaired) electrons. The van der Waals surface area contributed by atoms with E-state index in [-0.39, 0.29) is 12.0 Å². The molecule has 5 heteroatoms. The highest BCUT2D eigenvalue weighted by Crippen LogP contribution is 2.37. The maximum atomic E-state index is 14.0. The number of alkyl halides is 3. The zero-order valence-electron chi connectivity index (χ0n) is 12.8. The van der Waals surface area contributed by atoms with Crippen LogP contribution < -0.4 is 0 Å². The first-order valence-corrected chi connectivity index (χ1v) is 7.68. The second-order valence-corrected chi connectivity index (χ2v) is 5.91. The number of hydrogen-bond donors (Lipinski definition) is 0. The number of benzene rings is 1. The van der Waals surface area contributed by atoms with E-state index in [1.807, 2.05) is 13.0 Å². The van der Waals surface area contributed by atoms with Crippen LogP contribution in [-0.4, -0.2) is 6.18 Å². The summed E-state index contributed by atoms with van der Waals surface area (Å²) in [6.07, 6.45) is 3.39. The fraction of sp³-hybridized carbons (Fsp3) is 0.444. The van der Waals surface area contributed by atoms with Crippen LogP contribution in [0.1, 0.15) is 49.7 Å². The summed E-state index contributed by atoms with van der Waals surface area (Å²) in [5.74, 6) is -1.34. The number of halogens is 5. The summed E-state index contributed by atoms with van der Waals surface area (Å²) < 4.78 is 64.3. The van der Waals surface area contributed by atoms with Gasteiger partial charge in [-0.05, 0) is 68.2 Å². The summed E-state index contributed by atoms with van der Waals surface area (Å²) in [5, 5.41) is 0. The van der Waals surface area contributed by atoms with Crippen LogP contribution in [0.15, 0.2) is 30.4 Å². The molecule has 1 saturated carbocycles. The highest BCUT2D eigenvalue weighted by Gasteiger charge is 2.24. The topological polar surface area (TPSA) is 0 Å². The molecule has 0 spiro atoms. The molecule has 0 heterocycles. The molecule has 1 fully saturated rings. The standard InChI is InChI=1S/C18H19F5/c1-2-3-12-4-6-13(7-5-12)14-10-16(19)15(17(20)11-14)8-9-18(21,22)23/h2-3,8-13H,4-7H2,1H3. The molecule has 0 atom stereocenters. The predicted molar refractivity (Wildman–Crippen MR) is 81.0 cm³/mol. The number of hydrogen-bond acceptors (Lipinski definition) is 0. The van der Waals surface area contributed by atoms with Crippen molar-refractivity contribution in [3.63, 3.8) is 0 Å². The summed E-state index contributed by atoms with van der Waals surface area (Å²) in [6.45, 7) is 1.96. The van der Waals surface area contributed by atoms with Crippen molar-refractivity contribution < 1.29 is 22.0 Å². The average molecular weight is 330 g/mol. The first-order chi connectivity index (χ1) is 10.8. The molecule has 1 aliphatic carbocycles. The molecule has 1 aliphatic rings. The largest absolute Gasteiger partial charge is 0.409 e. The van der Waals surface area contributed by atoms with Gasteiger partial charge in [0.25, 0.3) is 0 Å². The molecule has 126 valence electrons. The van der Waals surface area contributed by atoms with Gasteiger partial charge in [-0.2, -0.15) is 13.2 Å². The summed E-state index contributed by atoms with van der Waals surface area (Å²) in [5.41, 5.74) is -0.114. The Morgan fingerprint density at radius 2 is 1.57 bits per heavy atom. The van der Waals surface area contributed by atoms with E-state index in [1.54, 1.807) is 0 Å². The molecule has 0 aromatic heterocycles. The minimum atomic E-state index is -4.59. The van der Waals surface area contributed by atoms with Gasteiger partial charge in [-0.3, -0.25) is 0 Å². The van der Waals surface area contributed by atoms with Gasteiger partial charge in [0, 0.05) is 11.6 Å². The Morgan fingerprint density at radius 3 is 2.04 bits per heavy atom. The van der Waals surface area contributed by atoms with E-state index < -0.39 is 23.4 Å². The van der Waals surface area contributed by atoms with Gasteiger partial charge in [0.2, 0.25) is 0 Å². The molecule has 0 amide bonds. The highest BCUT2D eigenvalue weighted by atomic mass is 19.4. The lowest BCUT2D eigenvalue weighted by atomic mass is 9.78. The van der Waals surface area contributed by atoms with Crippen LogP contribution in [0.5, 0.6) is 0 Å². The van der Waals surface area contributed by atoms with Crippen molar-refractivity contribution in [2.75, 3.05) is 0 Å². The molecule has 0 nitrogen and oxygen atoms in total. The maximum Gasteiger partial charge on any atom is 0.409 e. The van der Waals surface area contributed by atoms with E-state index in [4.69, 9.17) is 0 Å². The molecule has 1 aromatic rings. The lowest BCUT2D eigenvalue weighted by Crippen LogP contribution is -2.12. The van der Waals surface area contributed by atoms with Gasteiger partial charge >= 0.3 is 6.18 Å². The summed E-state index contributed by atoms with van der Waals surface area (Å²) >= 11 is 0. The second kappa shape index (κ2) is 7.28. The quantitative estimate of drug-likeness (QED) is 0.445. The Morgan fingerprint density at radius 1 is 1.00 bits per heavy atom. The van der Waals surface area contributed by atoms with Gasteiger partial charge in [0.1, 0.15) is 11.6 Å². The minimum absolute atomic E-state index is 0.0566. The molecule has 0 aliphatic heterocycles. The van der Waals surface area contributed by atoms with Crippen LogP contribution in [0.4, 0.5) is 22.0 Å². The molecule has 2 rings (SSSR count). The zero-order valence-corrected chi connectivity index (χ0v) is 12.8. The molecule has 1 aromatic carbocycles. The summed E-state index contributed by atoms with van der Waals surface area (Å²) in [7, 11) is 0. The van der Waals surface area contributed by atoms with E-state index in [9.17, 15) is 22.0 Å². The van der Waals surface area contributed by atoms with Crippen LogP contribution >= 0.6 is 0 Å². The summed E-state index contributed by atoms with van der Waals surface area (Å²) in [6, 6.07) is 2.33. The van der Waals surface area contributed by atoms with Crippen LogP contribution in [0.2, 0.25) is 0 Å². The minimum Gasteiger partial charge on any atom is -0.206 e. The van der Waals surface area contributed by atoms with Gasteiger partial charge in [-0.15, -0.1) is 0 Å². The van der Waals surface area contributed by atoms with E-state index >= 15 is 0 Å². The SMILES string of the molecule is CC=CC1CCC(c2cc(F)c(C=CC(F)(F)F)c(F)c2)CC1. The van der Waals surface area contributed by atoms with Gasteiger partial charge in [0.05, 0.1) is 0 Å². The van der Waals surface area contributed by atoms with Crippen molar-refractivity contribution >= 4 is 6.08 Å². The van der Waals surface area contributed by atoms with Crippen molar-refractivity contribution in [1.29, 1.82) is 0 Å². The van der Waals surface area contributed by atoms with Crippen LogP contribution in [0.25, 0.3) is 6.08 Å². The molecular formula is C18H19F5. The molecular weight excluding hydrogens is 311 g/mol. The van der Waals surface area contributed by atoms with Crippen molar-refractivity contribution in [2.24, 2.45) is 5.92 Å².